The number of hydrogen-bond donors (Lipinski definition) is 2. The lowest BCUT2D eigenvalue weighted by molar-refractivity contribution is -0.139. The molecule has 152 valence electrons. The Labute approximate surface area is 175 Å². The number of carboxylic acid groups (broad SMARTS) is 1. The van der Waals surface area contributed by atoms with Crippen molar-refractivity contribution in [1.82, 2.24) is 0 Å². The first-order chi connectivity index (χ1) is 13.7. The van der Waals surface area contributed by atoms with E-state index in [1.807, 2.05) is 50.3 Å². The standard InChI is InChI=1S/C14H11NO2.C9H13ClO2/c15-10-14(16)11-5-4-8-13(9-11)17-12-6-2-1-3-7-12;1-5(10)4-6-7(8(11)12)9(6,2)3/h1-9,14,16H;4,6-7H,1-3H3,(H,11,12)/b;5-4-/t;6-,7-/m.1/s1. The summed E-state index contributed by atoms with van der Waals surface area (Å²) >= 11 is 5.68. The molecule has 1 aliphatic rings. The first kappa shape index (κ1) is 22.5. The largest absolute Gasteiger partial charge is 0.481 e. The van der Waals surface area contributed by atoms with Gasteiger partial charge in [-0.3, -0.25) is 4.79 Å². The van der Waals surface area contributed by atoms with Crippen LogP contribution in [0.25, 0.3) is 0 Å². The van der Waals surface area contributed by atoms with Gasteiger partial charge in [0.2, 0.25) is 0 Å². The van der Waals surface area contributed by atoms with Crippen LogP contribution in [-0.2, 0) is 4.79 Å². The van der Waals surface area contributed by atoms with Gasteiger partial charge in [-0.15, -0.1) is 0 Å². The van der Waals surface area contributed by atoms with Crippen LogP contribution in [0.1, 0.15) is 32.4 Å². The molecule has 0 amide bonds. The third kappa shape index (κ3) is 6.08. The van der Waals surface area contributed by atoms with Gasteiger partial charge in [-0.25, -0.2) is 0 Å². The van der Waals surface area contributed by atoms with Crippen LogP contribution in [0, 0.1) is 28.6 Å². The summed E-state index contributed by atoms with van der Waals surface area (Å²) in [7, 11) is 0. The van der Waals surface area contributed by atoms with Crippen LogP contribution in [0.2, 0.25) is 0 Å². The smallest absolute Gasteiger partial charge is 0.307 e. The average Bonchev–Trinajstić information content (AvgIpc) is 3.22. The van der Waals surface area contributed by atoms with Crippen molar-refractivity contribution in [3.05, 3.63) is 71.3 Å². The van der Waals surface area contributed by atoms with Crippen molar-refractivity contribution < 1.29 is 19.7 Å². The second-order valence-corrected chi connectivity index (χ2v) is 8.03. The second-order valence-electron chi connectivity index (χ2n) is 7.44. The van der Waals surface area contributed by atoms with E-state index >= 15 is 0 Å². The maximum atomic E-state index is 10.7. The monoisotopic (exact) mass is 413 g/mol. The number of hydrogen-bond acceptors (Lipinski definition) is 4. The molecule has 0 spiro atoms. The number of halogens is 1. The van der Waals surface area contributed by atoms with Crippen molar-refractivity contribution in [3.8, 4) is 17.6 Å². The third-order valence-corrected chi connectivity index (χ3v) is 4.99. The fourth-order valence-corrected chi connectivity index (χ4v) is 3.29. The van der Waals surface area contributed by atoms with Crippen LogP contribution >= 0.6 is 11.6 Å². The number of benzene rings is 2. The van der Waals surface area contributed by atoms with Crippen LogP contribution < -0.4 is 4.74 Å². The first-order valence-electron chi connectivity index (χ1n) is 9.14. The minimum absolute atomic E-state index is 0.104. The van der Waals surface area contributed by atoms with Crippen molar-refractivity contribution >= 4 is 17.6 Å². The molecule has 1 unspecified atom stereocenters. The number of nitriles is 1. The quantitative estimate of drug-likeness (QED) is 0.629. The zero-order valence-electron chi connectivity index (χ0n) is 16.5. The van der Waals surface area contributed by atoms with Gasteiger partial charge < -0.3 is 14.9 Å². The normalized spacial score (nSPS) is 20.5. The molecule has 3 rings (SSSR count). The summed E-state index contributed by atoms with van der Waals surface area (Å²) in [5.74, 6) is 0.442. The van der Waals surface area contributed by atoms with Gasteiger partial charge in [0.05, 0.1) is 12.0 Å². The van der Waals surface area contributed by atoms with Gasteiger partial charge in [-0.1, -0.05) is 61.9 Å². The van der Waals surface area contributed by atoms with Gasteiger partial charge in [0, 0.05) is 5.03 Å². The number of carbonyl (C=O) groups is 1. The lowest BCUT2D eigenvalue weighted by atomic mass is 10.1. The van der Waals surface area contributed by atoms with Gasteiger partial charge in [0.25, 0.3) is 0 Å². The number of aliphatic carboxylic acids is 1. The predicted molar refractivity (Wildman–Crippen MR) is 112 cm³/mol. The molecule has 29 heavy (non-hydrogen) atoms. The number of para-hydroxylation sites is 1. The molecule has 0 heterocycles. The number of aliphatic hydroxyl groups is 1. The number of aliphatic hydroxyl groups excluding tert-OH is 1. The van der Waals surface area contributed by atoms with E-state index in [1.165, 1.54) is 0 Å². The highest BCUT2D eigenvalue weighted by Crippen LogP contribution is 2.59. The highest BCUT2D eigenvalue weighted by molar-refractivity contribution is 6.29. The maximum absolute atomic E-state index is 10.7. The minimum Gasteiger partial charge on any atom is -0.481 e. The highest BCUT2D eigenvalue weighted by atomic mass is 35.5. The van der Waals surface area contributed by atoms with Crippen LogP contribution in [-0.4, -0.2) is 16.2 Å². The molecular weight excluding hydrogens is 390 g/mol. The average molecular weight is 414 g/mol. The molecule has 0 aromatic heterocycles. The Morgan fingerprint density at radius 1 is 1.21 bits per heavy atom. The summed E-state index contributed by atoms with van der Waals surface area (Å²) in [5, 5.41) is 27.5. The Bertz CT molecular complexity index is 914. The molecule has 0 bridgehead atoms. The Morgan fingerprint density at radius 2 is 1.83 bits per heavy atom. The van der Waals surface area contributed by atoms with Gasteiger partial charge in [-0.2, -0.15) is 5.26 Å². The summed E-state index contributed by atoms with van der Waals surface area (Å²) in [5.41, 5.74) is 0.406. The fourth-order valence-electron chi connectivity index (χ4n) is 3.16. The van der Waals surface area contributed by atoms with Crippen molar-refractivity contribution in [2.45, 2.75) is 26.9 Å². The van der Waals surface area contributed by atoms with E-state index in [-0.39, 0.29) is 17.3 Å². The van der Waals surface area contributed by atoms with Crippen molar-refractivity contribution in [2.75, 3.05) is 0 Å². The van der Waals surface area contributed by atoms with Gasteiger partial charge in [0.15, 0.2) is 6.10 Å². The molecule has 2 N–H and O–H groups in total. The first-order valence-corrected chi connectivity index (χ1v) is 9.52. The van der Waals surface area contributed by atoms with Crippen LogP contribution in [0.15, 0.2) is 65.7 Å². The number of carboxylic acids is 1. The molecule has 0 radical (unpaired) electrons. The van der Waals surface area contributed by atoms with Gasteiger partial charge in [0.1, 0.15) is 11.5 Å². The van der Waals surface area contributed by atoms with E-state index in [1.54, 1.807) is 37.3 Å². The summed E-state index contributed by atoms with van der Waals surface area (Å²) < 4.78 is 5.59. The van der Waals surface area contributed by atoms with Crippen LogP contribution in [0.4, 0.5) is 0 Å². The number of allylic oxidation sites excluding steroid dienone is 2. The molecule has 1 fully saturated rings. The predicted octanol–water partition coefficient (Wildman–Crippen LogP) is 5.52. The molecule has 2 aromatic rings. The zero-order chi connectivity index (χ0) is 21.6. The molecule has 0 saturated heterocycles. The molecule has 1 saturated carbocycles. The van der Waals surface area contributed by atoms with Crippen LogP contribution in [0.5, 0.6) is 11.5 Å². The van der Waals surface area contributed by atoms with Gasteiger partial charge >= 0.3 is 5.97 Å². The zero-order valence-corrected chi connectivity index (χ0v) is 17.3. The van der Waals surface area contributed by atoms with Crippen molar-refractivity contribution in [2.24, 2.45) is 17.3 Å². The van der Waals surface area contributed by atoms with E-state index in [2.05, 4.69) is 0 Å². The molecular formula is C23H24ClNO4. The Hall–Kier alpha value is -2.81. The Morgan fingerprint density at radius 3 is 2.34 bits per heavy atom. The molecule has 3 atom stereocenters. The minimum atomic E-state index is -1.12. The van der Waals surface area contributed by atoms with E-state index in [0.717, 1.165) is 5.75 Å². The van der Waals surface area contributed by atoms with Gasteiger partial charge in [-0.05, 0) is 48.1 Å². The SMILES string of the molecule is C/C(Cl)=C/[C@@H]1[C@H](C(=O)O)C1(C)C.N#CC(O)c1cccc(Oc2ccccc2)c1. The topological polar surface area (TPSA) is 90.5 Å². The summed E-state index contributed by atoms with van der Waals surface area (Å²) in [6.45, 7) is 5.68. The van der Waals surface area contributed by atoms with Crippen molar-refractivity contribution in [1.29, 1.82) is 5.26 Å². The number of ether oxygens (including phenoxy) is 1. The number of rotatable bonds is 5. The van der Waals surface area contributed by atoms with E-state index in [0.29, 0.717) is 16.3 Å². The lowest BCUT2D eigenvalue weighted by Crippen LogP contribution is -2.02. The van der Waals surface area contributed by atoms with E-state index < -0.39 is 12.1 Å². The number of nitrogens with zero attached hydrogens (tertiary/aromatic N) is 1. The maximum Gasteiger partial charge on any atom is 0.307 e. The second kappa shape index (κ2) is 9.60. The van der Waals surface area contributed by atoms with E-state index in [9.17, 15) is 9.90 Å². The summed E-state index contributed by atoms with van der Waals surface area (Å²) in [6, 6.07) is 18.0. The molecule has 6 heteroatoms. The summed E-state index contributed by atoms with van der Waals surface area (Å²) in [4.78, 5) is 10.7. The van der Waals surface area contributed by atoms with E-state index in [4.69, 9.17) is 26.7 Å². The third-order valence-electron chi connectivity index (χ3n) is 4.86. The Kier molecular flexibility index (Phi) is 7.44. The molecule has 1 aliphatic carbocycles. The summed E-state index contributed by atoms with van der Waals surface area (Å²) in [6.07, 6.45) is 0.717. The fraction of sp³-hybridized carbons (Fsp3) is 0.304. The van der Waals surface area contributed by atoms with Crippen LogP contribution in [0.3, 0.4) is 0 Å². The highest BCUT2D eigenvalue weighted by Gasteiger charge is 2.60. The molecule has 2 aromatic carbocycles. The molecule has 0 aliphatic heterocycles. The molecule has 5 nitrogen and oxygen atoms in total. The van der Waals surface area contributed by atoms with Crippen molar-refractivity contribution in [3.63, 3.8) is 0 Å². The Balaban J connectivity index is 0.000000221. The lowest BCUT2D eigenvalue weighted by Gasteiger charge is -2.07.